The maximum absolute atomic E-state index is 10.8. The molecule has 3 heteroatoms. The van der Waals surface area contributed by atoms with Crippen molar-refractivity contribution in [2.45, 2.75) is 25.7 Å². The lowest BCUT2D eigenvalue weighted by Gasteiger charge is -2.25. The van der Waals surface area contributed by atoms with E-state index in [1.165, 1.54) is 26.4 Å². The van der Waals surface area contributed by atoms with Crippen molar-refractivity contribution in [3.8, 4) is 0 Å². The zero-order valence-electron chi connectivity index (χ0n) is 7.71. The first-order valence-electron chi connectivity index (χ1n) is 4.62. The molecule has 1 rings (SSSR count). The van der Waals surface area contributed by atoms with Crippen molar-refractivity contribution in [1.29, 1.82) is 0 Å². The van der Waals surface area contributed by atoms with Crippen LogP contribution in [-0.2, 0) is 9.53 Å². The molecule has 0 saturated carbocycles. The molecule has 0 N–H and O–H groups in total. The Morgan fingerprint density at radius 2 is 2.00 bits per heavy atom. The van der Waals surface area contributed by atoms with Crippen LogP contribution in [0.2, 0.25) is 0 Å². The van der Waals surface area contributed by atoms with E-state index in [9.17, 15) is 4.79 Å². The minimum Gasteiger partial charge on any atom is -0.469 e. The van der Waals surface area contributed by atoms with E-state index in [1.807, 2.05) is 0 Å². The van der Waals surface area contributed by atoms with Gasteiger partial charge in [0.15, 0.2) is 0 Å². The Hall–Kier alpha value is -0.570. The Bertz CT molecular complexity index is 141. The minimum absolute atomic E-state index is 0.0967. The Balaban J connectivity index is 2.09. The van der Waals surface area contributed by atoms with Crippen molar-refractivity contribution in [1.82, 2.24) is 4.90 Å². The Labute approximate surface area is 73.7 Å². The van der Waals surface area contributed by atoms with E-state index < -0.39 is 0 Å². The smallest absolute Gasteiger partial charge is 0.306 e. The number of rotatable bonds is 3. The maximum atomic E-state index is 10.8. The number of likely N-dealkylation sites (tertiary alicyclic amines) is 1. The van der Waals surface area contributed by atoms with Gasteiger partial charge in [-0.3, -0.25) is 4.79 Å². The third-order valence-electron chi connectivity index (χ3n) is 2.31. The predicted molar refractivity (Wildman–Crippen MR) is 46.9 cm³/mol. The van der Waals surface area contributed by atoms with E-state index in [0.717, 1.165) is 19.6 Å². The molecule has 0 aromatic carbocycles. The highest BCUT2D eigenvalue weighted by molar-refractivity contribution is 5.69. The summed E-state index contributed by atoms with van der Waals surface area (Å²) in [6.07, 6.45) is 4.44. The molecule has 12 heavy (non-hydrogen) atoms. The molecule has 0 atom stereocenters. The summed E-state index contributed by atoms with van der Waals surface area (Å²) in [7, 11) is 1.44. The molecular formula is C9H17NO2. The predicted octanol–water partition coefficient (Wildman–Crippen LogP) is 1.04. The lowest BCUT2D eigenvalue weighted by atomic mass is 10.1. The van der Waals surface area contributed by atoms with Crippen LogP contribution in [0.4, 0.5) is 0 Å². The first-order chi connectivity index (χ1) is 5.83. The molecule has 1 heterocycles. The first-order valence-corrected chi connectivity index (χ1v) is 4.62. The second-order valence-corrected chi connectivity index (χ2v) is 3.23. The highest BCUT2D eigenvalue weighted by atomic mass is 16.5. The van der Waals surface area contributed by atoms with Crippen molar-refractivity contribution in [2.75, 3.05) is 26.7 Å². The standard InChI is InChI=1S/C9H17NO2/c1-12-9(11)5-8-10-6-3-2-4-7-10/h2-8H2,1H3. The van der Waals surface area contributed by atoms with Gasteiger partial charge in [0.2, 0.25) is 0 Å². The monoisotopic (exact) mass is 171 g/mol. The molecule has 0 amide bonds. The van der Waals surface area contributed by atoms with E-state index in [0.29, 0.717) is 6.42 Å². The molecule has 0 bridgehead atoms. The molecule has 0 radical (unpaired) electrons. The van der Waals surface area contributed by atoms with Gasteiger partial charge in [0.05, 0.1) is 13.5 Å². The third-order valence-corrected chi connectivity index (χ3v) is 2.31. The molecule has 0 aliphatic carbocycles. The van der Waals surface area contributed by atoms with Crippen LogP contribution in [0.5, 0.6) is 0 Å². The Morgan fingerprint density at radius 3 is 2.58 bits per heavy atom. The van der Waals surface area contributed by atoms with Gasteiger partial charge in [0.1, 0.15) is 0 Å². The van der Waals surface area contributed by atoms with E-state index in [2.05, 4.69) is 9.64 Å². The number of carbonyl (C=O) groups is 1. The second-order valence-electron chi connectivity index (χ2n) is 3.23. The van der Waals surface area contributed by atoms with Crippen LogP contribution in [0.3, 0.4) is 0 Å². The average Bonchev–Trinajstić information content (AvgIpc) is 2.16. The van der Waals surface area contributed by atoms with Gasteiger partial charge in [-0.2, -0.15) is 0 Å². The summed E-state index contributed by atoms with van der Waals surface area (Å²) in [6, 6.07) is 0. The van der Waals surface area contributed by atoms with Gasteiger partial charge in [0, 0.05) is 6.54 Å². The average molecular weight is 171 g/mol. The number of piperidine rings is 1. The topological polar surface area (TPSA) is 29.5 Å². The summed E-state index contributed by atoms with van der Waals surface area (Å²) in [5, 5.41) is 0. The Kier molecular flexibility index (Phi) is 4.08. The van der Waals surface area contributed by atoms with Crippen LogP contribution < -0.4 is 0 Å². The lowest BCUT2D eigenvalue weighted by Crippen LogP contribution is -2.31. The highest BCUT2D eigenvalue weighted by Crippen LogP contribution is 2.08. The van der Waals surface area contributed by atoms with Gasteiger partial charge in [-0.05, 0) is 25.9 Å². The van der Waals surface area contributed by atoms with Gasteiger partial charge >= 0.3 is 5.97 Å². The number of carbonyl (C=O) groups excluding carboxylic acids is 1. The fraction of sp³-hybridized carbons (Fsp3) is 0.889. The molecule has 70 valence electrons. The normalized spacial score (nSPS) is 19.1. The third kappa shape index (κ3) is 3.22. The molecule has 3 nitrogen and oxygen atoms in total. The molecule has 0 spiro atoms. The number of methoxy groups -OCH3 is 1. The van der Waals surface area contributed by atoms with E-state index >= 15 is 0 Å². The van der Waals surface area contributed by atoms with Crippen LogP contribution in [0.15, 0.2) is 0 Å². The van der Waals surface area contributed by atoms with Crippen LogP contribution in [0.25, 0.3) is 0 Å². The molecular weight excluding hydrogens is 154 g/mol. The van der Waals surface area contributed by atoms with Crippen molar-refractivity contribution < 1.29 is 9.53 Å². The zero-order valence-corrected chi connectivity index (χ0v) is 7.71. The summed E-state index contributed by atoms with van der Waals surface area (Å²) in [5.41, 5.74) is 0. The van der Waals surface area contributed by atoms with Gasteiger partial charge < -0.3 is 9.64 Å². The molecule has 1 aliphatic heterocycles. The molecule has 1 aliphatic rings. The number of nitrogens with zero attached hydrogens (tertiary/aromatic N) is 1. The highest BCUT2D eigenvalue weighted by Gasteiger charge is 2.11. The van der Waals surface area contributed by atoms with Crippen molar-refractivity contribution in [3.05, 3.63) is 0 Å². The van der Waals surface area contributed by atoms with Crippen LogP contribution in [0.1, 0.15) is 25.7 Å². The van der Waals surface area contributed by atoms with E-state index in [1.54, 1.807) is 0 Å². The summed E-state index contributed by atoms with van der Waals surface area (Å²) < 4.78 is 4.58. The fourth-order valence-corrected chi connectivity index (χ4v) is 1.53. The number of hydrogen-bond acceptors (Lipinski definition) is 3. The van der Waals surface area contributed by atoms with Crippen molar-refractivity contribution in [2.24, 2.45) is 0 Å². The molecule has 1 fully saturated rings. The van der Waals surface area contributed by atoms with Crippen LogP contribution in [0, 0.1) is 0 Å². The van der Waals surface area contributed by atoms with Gasteiger partial charge in [-0.25, -0.2) is 0 Å². The lowest BCUT2D eigenvalue weighted by molar-refractivity contribution is -0.141. The minimum atomic E-state index is -0.0967. The SMILES string of the molecule is COC(=O)CCN1CCCCC1. The van der Waals surface area contributed by atoms with E-state index in [4.69, 9.17) is 0 Å². The molecule has 0 unspecified atom stereocenters. The number of hydrogen-bond donors (Lipinski definition) is 0. The maximum Gasteiger partial charge on any atom is 0.306 e. The quantitative estimate of drug-likeness (QED) is 0.594. The van der Waals surface area contributed by atoms with Crippen molar-refractivity contribution >= 4 is 5.97 Å². The number of ether oxygens (including phenoxy) is 1. The number of esters is 1. The largest absolute Gasteiger partial charge is 0.469 e. The van der Waals surface area contributed by atoms with Crippen LogP contribution >= 0.6 is 0 Å². The molecule has 0 aromatic rings. The molecule has 0 aromatic heterocycles. The van der Waals surface area contributed by atoms with Crippen molar-refractivity contribution in [3.63, 3.8) is 0 Å². The molecule has 1 saturated heterocycles. The summed E-state index contributed by atoms with van der Waals surface area (Å²) >= 11 is 0. The summed E-state index contributed by atoms with van der Waals surface area (Å²) in [4.78, 5) is 13.1. The fourth-order valence-electron chi connectivity index (χ4n) is 1.53. The van der Waals surface area contributed by atoms with Crippen LogP contribution in [-0.4, -0.2) is 37.6 Å². The van der Waals surface area contributed by atoms with Gasteiger partial charge in [-0.1, -0.05) is 6.42 Å². The van der Waals surface area contributed by atoms with Gasteiger partial charge in [-0.15, -0.1) is 0 Å². The first kappa shape index (κ1) is 9.52. The van der Waals surface area contributed by atoms with Gasteiger partial charge in [0.25, 0.3) is 0 Å². The summed E-state index contributed by atoms with van der Waals surface area (Å²) in [6.45, 7) is 3.17. The summed E-state index contributed by atoms with van der Waals surface area (Å²) in [5.74, 6) is -0.0967. The zero-order chi connectivity index (χ0) is 8.81. The Morgan fingerprint density at radius 1 is 1.33 bits per heavy atom. The second kappa shape index (κ2) is 5.14. The van der Waals surface area contributed by atoms with E-state index in [-0.39, 0.29) is 5.97 Å².